The number of hydrogen-bond donors (Lipinski definition) is 1. The third kappa shape index (κ3) is 1.75. The molecule has 5 heteroatoms. The fourth-order valence-corrected chi connectivity index (χ4v) is 0.778. The summed E-state index contributed by atoms with van der Waals surface area (Å²) in [6, 6.07) is 0. The number of anilines is 1. The number of aryl methyl sites for hydroxylation is 1. The first-order chi connectivity index (χ1) is 3.29. The minimum absolute atomic E-state index is 0. The highest BCUT2D eigenvalue weighted by molar-refractivity contribution is 7.14. The van der Waals surface area contributed by atoms with Gasteiger partial charge in [0.15, 0.2) is 0 Å². The molecular formula is C3H5BrN3S-. The molecule has 1 aromatic heterocycles. The minimum Gasteiger partial charge on any atom is -1.00 e. The van der Waals surface area contributed by atoms with Crippen LogP contribution >= 0.6 is 11.3 Å². The molecular weight excluding hydrogens is 190 g/mol. The van der Waals surface area contributed by atoms with Gasteiger partial charge in [0.05, 0.1) is 0 Å². The SMILES string of the molecule is Cc1nnc(N)s1.[Br-]. The van der Waals surface area contributed by atoms with E-state index in [1.54, 1.807) is 0 Å². The number of aromatic nitrogens is 2. The Bertz CT molecular complexity index is 147. The third-order valence-electron chi connectivity index (χ3n) is 0.542. The van der Waals surface area contributed by atoms with E-state index in [1.807, 2.05) is 6.92 Å². The van der Waals surface area contributed by atoms with E-state index < -0.39 is 0 Å². The molecule has 2 N–H and O–H groups in total. The molecule has 0 unspecified atom stereocenters. The van der Waals surface area contributed by atoms with Crippen molar-refractivity contribution in [2.45, 2.75) is 6.92 Å². The molecule has 0 spiro atoms. The van der Waals surface area contributed by atoms with Crippen LogP contribution in [0.4, 0.5) is 5.13 Å². The summed E-state index contributed by atoms with van der Waals surface area (Å²) in [6.07, 6.45) is 0. The summed E-state index contributed by atoms with van der Waals surface area (Å²) < 4.78 is 0. The normalized spacial score (nSPS) is 8.12. The summed E-state index contributed by atoms with van der Waals surface area (Å²) in [5.41, 5.74) is 5.22. The number of halogens is 1. The predicted octanol–water partition coefficient (Wildman–Crippen LogP) is -2.57. The van der Waals surface area contributed by atoms with Crippen molar-refractivity contribution in [2.24, 2.45) is 0 Å². The Morgan fingerprint density at radius 3 is 2.25 bits per heavy atom. The molecule has 46 valence electrons. The quantitative estimate of drug-likeness (QED) is 0.495. The first-order valence-electron chi connectivity index (χ1n) is 1.84. The fraction of sp³-hybridized carbons (Fsp3) is 0.333. The molecule has 0 aliphatic heterocycles. The van der Waals surface area contributed by atoms with Crippen LogP contribution in [0.5, 0.6) is 0 Å². The zero-order valence-electron chi connectivity index (χ0n) is 4.26. The van der Waals surface area contributed by atoms with Gasteiger partial charge in [-0.15, -0.1) is 10.2 Å². The molecule has 1 aromatic rings. The Morgan fingerprint density at radius 2 is 2.12 bits per heavy atom. The maximum Gasteiger partial charge on any atom is 0.203 e. The van der Waals surface area contributed by atoms with Gasteiger partial charge in [0.25, 0.3) is 0 Å². The number of hydrogen-bond acceptors (Lipinski definition) is 4. The molecule has 0 saturated heterocycles. The average molecular weight is 195 g/mol. The lowest BCUT2D eigenvalue weighted by atomic mass is 10.9. The van der Waals surface area contributed by atoms with E-state index in [-0.39, 0.29) is 17.0 Å². The molecule has 8 heavy (non-hydrogen) atoms. The van der Waals surface area contributed by atoms with E-state index in [0.717, 1.165) is 5.01 Å². The monoisotopic (exact) mass is 194 g/mol. The summed E-state index contributed by atoms with van der Waals surface area (Å²) in [4.78, 5) is 0. The van der Waals surface area contributed by atoms with Crippen LogP contribution in [-0.2, 0) is 0 Å². The second kappa shape index (κ2) is 2.99. The first kappa shape index (κ1) is 7.84. The van der Waals surface area contributed by atoms with Crippen molar-refractivity contribution in [1.29, 1.82) is 0 Å². The van der Waals surface area contributed by atoms with Crippen LogP contribution in [0.15, 0.2) is 0 Å². The molecule has 1 rings (SSSR count). The highest BCUT2D eigenvalue weighted by Gasteiger charge is 1.89. The standard InChI is InChI=1S/C3H5N3S.BrH/c1-2-5-6-3(4)7-2;/h1H3,(H2,4,6);1H/p-1. The second-order valence-electron chi connectivity index (χ2n) is 1.16. The van der Waals surface area contributed by atoms with Gasteiger partial charge in [-0.05, 0) is 6.92 Å². The lowest BCUT2D eigenvalue weighted by Gasteiger charge is -1.66. The zero-order chi connectivity index (χ0) is 5.28. The lowest BCUT2D eigenvalue weighted by Crippen LogP contribution is -3.00. The molecule has 0 saturated carbocycles. The molecule has 0 aliphatic carbocycles. The van der Waals surface area contributed by atoms with E-state index in [0.29, 0.717) is 5.13 Å². The maximum absolute atomic E-state index is 5.22. The van der Waals surface area contributed by atoms with Crippen LogP contribution in [0.3, 0.4) is 0 Å². The summed E-state index contributed by atoms with van der Waals surface area (Å²) in [5, 5.41) is 8.68. The van der Waals surface area contributed by atoms with Gasteiger partial charge >= 0.3 is 0 Å². The number of rotatable bonds is 0. The van der Waals surface area contributed by atoms with Gasteiger partial charge in [0.1, 0.15) is 5.01 Å². The Balaban J connectivity index is 0.000000490. The Hall–Kier alpha value is -0.160. The van der Waals surface area contributed by atoms with Gasteiger partial charge in [0, 0.05) is 0 Å². The zero-order valence-corrected chi connectivity index (χ0v) is 6.66. The van der Waals surface area contributed by atoms with Crippen molar-refractivity contribution in [3.05, 3.63) is 5.01 Å². The largest absolute Gasteiger partial charge is 1.00 e. The van der Waals surface area contributed by atoms with Crippen molar-refractivity contribution in [1.82, 2.24) is 10.2 Å². The van der Waals surface area contributed by atoms with Crippen molar-refractivity contribution >= 4 is 16.5 Å². The predicted molar refractivity (Wildman–Crippen MR) is 29.1 cm³/mol. The van der Waals surface area contributed by atoms with Gasteiger partial charge < -0.3 is 22.7 Å². The van der Waals surface area contributed by atoms with Crippen molar-refractivity contribution < 1.29 is 17.0 Å². The van der Waals surface area contributed by atoms with E-state index >= 15 is 0 Å². The molecule has 1 heterocycles. The van der Waals surface area contributed by atoms with E-state index in [4.69, 9.17) is 5.73 Å². The summed E-state index contributed by atoms with van der Waals surface area (Å²) in [7, 11) is 0. The lowest BCUT2D eigenvalue weighted by molar-refractivity contribution is -0.00000160. The third-order valence-corrected chi connectivity index (χ3v) is 1.21. The Kier molecular flexibility index (Phi) is 2.93. The number of nitrogens with zero attached hydrogens (tertiary/aromatic N) is 2. The van der Waals surface area contributed by atoms with Crippen molar-refractivity contribution in [3.8, 4) is 0 Å². The minimum atomic E-state index is 0. The van der Waals surface area contributed by atoms with Crippen LogP contribution in [0.25, 0.3) is 0 Å². The molecule has 3 nitrogen and oxygen atoms in total. The maximum atomic E-state index is 5.22. The number of nitrogens with two attached hydrogens (primary N) is 1. The van der Waals surface area contributed by atoms with Crippen molar-refractivity contribution in [2.75, 3.05) is 5.73 Å². The highest BCUT2D eigenvalue weighted by atomic mass is 79.9. The average Bonchev–Trinajstić information content (AvgIpc) is 1.87. The molecule has 0 aromatic carbocycles. The van der Waals surface area contributed by atoms with Crippen LogP contribution in [0.2, 0.25) is 0 Å². The summed E-state index contributed by atoms with van der Waals surface area (Å²) in [6.45, 7) is 1.87. The molecule has 0 amide bonds. The van der Waals surface area contributed by atoms with Gasteiger partial charge in [-0.3, -0.25) is 0 Å². The van der Waals surface area contributed by atoms with Crippen molar-refractivity contribution in [3.63, 3.8) is 0 Å². The van der Waals surface area contributed by atoms with Crippen LogP contribution in [-0.4, -0.2) is 10.2 Å². The van der Waals surface area contributed by atoms with Crippen LogP contribution < -0.4 is 22.7 Å². The highest BCUT2D eigenvalue weighted by Crippen LogP contribution is 2.07. The van der Waals surface area contributed by atoms with Gasteiger partial charge in [-0.25, -0.2) is 0 Å². The molecule has 0 atom stereocenters. The van der Waals surface area contributed by atoms with E-state index in [1.165, 1.54) is 11.3 Å². The van der Waals surface area contributed by atoms with Gasteiger partial charge in [0.2, 0.25) is 5.13 Å². The number of nitrogen functional groups attached to an aromatic ring is 1. The fourth-order valence-electron chi connectivity index (χ4n) is 0.312. The van der Waals surface area contributed by atoms with Gasteiger partial charge in [-0.1, -0.05) is 11.3 Å². The Morgan fingerprint density at radius 1 is 1.50 bits per heavy atom. The smallest absolute Gasteiger partial charge is 0.203 e. The second-order valence-corrected chi connectivity index (χ2v) is 2.37. The van der Waals surface area contributed by atoms with Gasteiger partial charge in [-0.2, -0.15) is 0 Å². The van der Waals surface area contributed by atoms with E-state index in [9.17, 15) is 0 Å². The summed E-state index contributed by atoms with van der Waals surface area (Å²) in [5.74, 6) is 0. The molecule has 0 bridgehead atoms. The van der Waals surface area contributed by atoms with Crippen LogP contribution in [0.1, 0.15) is 5.01 Å². The first-order valence-corrected chi connectivity index (χ1v) is 2.66. The molecule has 0 fully saturated rings. The topological polar surface area (TPSA) is 51.8 Å². The Labute approximate surface area is 61.7 Å². The van der Waals surface area contributed by atoms with Crippen LogP contribution in [0, 0.1) is 6.92 Å². The molecule has 0 radical (unpaired) electrons. The summed E-state index contributed by atoms with van der Waals surface area (Å²) >= 11 is 1.40. The molecule has 0 aliphatic rings. The van der Waals surface area contributed by atoms with E-state index in [2.05, 4.69) is 10.2 Å².